The maximum absolute atomic E-state index is 13.1. The zero-order chi connectivity index (χ0) is 21.3. The van der Waals surface area contributed by atoms with Crippen molar-refractivity contribution in [3.05, 3.63) is 35.5 Å². The highest BCUT2D eigenvalue weighted by molar-refractivity contribution is 5.85. The van der Waals surface area contributed by atoms with E-state index in [0.29, 0.717) is 0 Å². The number of rotatable bonds is 2. The summed E-state index contributed by atoms with van der Waals surface area (Å²) in [6, 6.07) is 8.63. The summed E-state index contributed by atoms with van der Waals surface area (Å²) in [5.74, 6) is -0.375. The van der Waals surface area contributed by atoms with Crippen LogP contribution in [0.4, 0.5) is 0 Å². The number of methoxy groups -OCH3 is 2. The zero-order valence-electron chi connectivity index (χ0n) is 18.9. The van der Waals surface area contributed by atoms with E-state index in [2.05, 4.69) is 54.9 Å². The van der Waals surface area contributed by atoms with Crippen LogP contribution in [0.25, 0.3) is 10.9 Å². The average Bonchev–Trinajstić information content (AvgIpc) is 3.11. The van der Waals surface area contributed by atoms with Gasteiger partial charge in [-0.15, -0.1) is 0 Å². The molecule has 2 aromatic rings. The number of esters is 1. The summed E-state index contributed by atoms with van der Waals surface area (Å²) in [5, 5.41) is 1.34. The van der Waals surface area contributed by atoms with Crippen LogP contribution in [-0.2, 0) is 26.2 Å². The number of piperidine rings is 1. The highest BCUT2D eigenvalue weighted by atomic mass is 16.5. The lowest BCUT2D eigenvalue weighted by Gasteiger charge is -2.66. The molecule has 162 valence electrons. The van der Waals surface area contributed by atoms with Crippen molar-refractivity contribution in [1.29, 1.82) is 0 Å². The van der Waals surface area contributed by atoms with Crippen molar-refractivity contribution >= 4 is 16.9 Å². The molecule has 1 saturated carbocycles. The maximum atomic E-state index is 13.1. The minimum absolute atomic E-state index is 0.0456. The Morgan fingerprint density at radius 1 is 1.20 bits per heavy atom. The standard InChI is InChI=1S/C25H34N2O3/c1-23-12-10-19(29-4)20(22(28)30-5)24(23,2)14-25(3)21-17(11-13-27(25)15-23)16-8-6-7-9-18(16)26-21/h6-9,19-20,26H,10-15H2,1-5H3/t19-,20+,23-,24+,25-/m0/s1. The number of nitrogens with zero attached hydrogens (tertiary/aromatic N) is 1. The molecule has 1 aromatic heterocycles. The second kappa shape index (κ2) is 6.57. The van der Waals surface area contributed by atoms with Gasteiger partial charge in [0.2, 0.25) is 0 Å². The normalized spacial score (nSPS) is 38.6. The Hall–Kier alpha value is -1.85. The summed E-state index contributed by atoms with van der Waals surface area (Å²) < 4.78 is 11.2. The van der Waals surface area contributed by atoms with Crippen LogP contribution >= 0.6 is 0 Å². The number of hydrogen-bond donors (Lipinski definition) is 1. The van der Waals surface area contributed by atoms with Gasteiger partial charge < -0.3 is 14.5 Å². The topological polar surface area (TPSA) is 54.6 Å². The van der Waals surface area contributed by atoms with Crippen LogP contribution in [0.3, 0.4) is 0 Å². The third-order valence-electron chi connectivity index (χ3n) is 9.11. The molecular formula is C25H34N2O3. The van der Waals surface area contributed by atoms with Gasteiger partial charge in [-0.1, -0.05) is 32.0 Å². The fourth-order valence-corrected chi connectivity index (χ4v) is 7.24. The lowest BCUT2D eigenvalue weighted by atomic mass is 9.46. The van der Waals surface area contributed by atoms with E-state index in [4.69, 9.17) is 9.47 Å². The summed E-state index contributed by atoms with van der Waals surface area (Å²) in [6.07, 6.45) is 3.88. The van der Waals surface area contributed by atoms with E-state index in [0.717, 1.165) is 38.8 Å². The number of para-hydroxylation sites is 1. The number of carbonyl (C=O) groups excluding carboxylic acids is 1. The number of fused-ring (bicyclic) bond motifs is 6. The third-order valence-corrected chi connectivity index (χ3v) is 9.11. The molecule has 0 bridgehead atoms. The van der Waals surface area contributed by atoms with Crippen LogP contribution in [0.2, 0.25) is 0 Å². The monoisotopic (exact) mass is 410 g/mol. The second-order valence-corrected chi connectivity index (χ2v) is 10.4. The Balaban J connectivity index is 1.66. The molecule has 2 fully saturated rings. The number of ether oxygens (including phenoxy) is 2. The van der Waals surface area contributed by atoms with Gasteiger partial charge in [-0.25, -0.2) is 0 Å². The van der Waals surface area contributed by atoms with Crippen molar-refractivity contribution in [2.75, 3.05) is 27.3 Å². The Morgan fingerprint density at radius 3 is 2.70 bits per heavy atom. The summed E-state index contributed by atoms with van der Waals surface area (Å²) in [5.41, 5.74) is 3.70. The highest BCUT2D eigenvalue weighted by Gasteiger charge is 2.65. The fraction of sp³-hybridized carbons (Fsp3) is 0.640. The van der Waals surface area contributed by atoms with Gasteiger partial charge in [-0.05, 0) is 55.1 Å². The lowest BCUT2D eigenvalue weighted by Crippen LogP contribution is -2.68. The van der Waals surface area contributed by atoms with E-state index in [1.165, 1.54) is 29.3 Å². The zero-order valence-corrected chi connectivity index (χ0v) is 18.9. The van der Waals surface area contributed by atoms with Crippen LogP contribution in [0, 0.1) is 16.7 Å². The van der Waals surface area contributed by atoms with Gasteiger partial charge >= 0.3 is 5.97 Å². The first-order valence-electron chi connectivity index (χ1n) is 11.2. The van der Waals surface area contributed by atoms with Crippen LogP contribution < -0.4 is 0 Å². The van der Waals surface area contributed by atoms with E-state index in [-0.39, 0.29) is 34.4 Å². The van der Waals surface area contributed by atoms with Crippen LogP contribution in [0.1, 0.15) is 51.3 Å². The molecule has 0 amide bonds. The van der Waals surface area contributed by atoms with Gasteiger partial charge in [0.15, 0.2) is 0 Å². The summed E-state index contributed by atoms with van der Waals surface area (Å²) in [4.78, 5) is 19.5. The van der Waals surface area contributed by atoms with Crippen molar-refractivity contribution in [2.24, 2.45) is 16.7 Å². The molecule has 5 rings (SSSR count). The first-order chi connectivity index (χ1) is 14.3. The predicted octanol–water partition coefficient (Wildman–Crippen LogP) is 4.26. The molecule has 2 aliphatic heterocycles. The SMILES string of the molecule is COC(=O)[C@H]1[C@@H](OC)CC[C@@]2(C)CN3CCc4c([nH]c5ccccc45)[C@]3(C)C[C@]12C. The molecule has 1 aliphatic carbocycles. The molecule has 0 spiro atoms. The molecule has 1 saturated heterocycles. The van der Waals surface area contributed by atoms with Crippen molar-refractivity contribution < 1.29 is 14.3 Å². The number of H-pyrrole nitrogens is 1. The van der Waals surface area contributed by atoms with Crippen LogP contribution in [-0.4, -0.2) is 49.3 Å². The van der Waals surface area contributed by atoms with Crippen molar-refractivity contribution in [3.63, 3.8) is 0 Å². The first-order valence-corrected chi connectivity index (χ1v) is 11.2. The molecule has 0 unspecified atom stereocenters. The Bertz CT molecular complexity index is 999. The quantitative estimate of drug-likeness (QED) is 0.752. The molecular weight excluding hydrogens is 376 g/mol. The van der Waals surface area contributed by atoms with Crippen LogP contribution in [0.15, 0.2) is 24.3 Å². The number of nitrogens with one attached hydrogen (secondary N) is 1. The molecule has 5 atom stereocenters. The molecule has 30 heavy (non-hydrogen) atoms. The van der Waals surface area contributed by atoms with Crippen molar-refractivity contribution in [3.8, 4) is 0 Å². The van der Waals surface area contributed by atoms with Gasteiger partial charge in [-0.3, -0.25) is 9.69 Å². The third kappa shape index (κ3) is 2.45. The number of hydrogen-bond acceptors (Lipinski definition) is 4. The van der Waals surface area contributed by atoms with Gasteiger partial charge in [0.05, 0.1) is 24.7 Å². The molecule has 3 aliphatic rings. The van der Waals surface area contributed by atoms with E-state index < -0.39 is 0 Å². The largest absolute Gasteiger partial charge is 0.469 e. The van der Waals surface area contributed by atoms with Crippen LogP contribution in [0.5, 0.6) is 0 Å². The molecule has 3 heterocycles. The molecule has 5 nitrogen and oxygen atoms in total. The minimum atomic E-state index is -0.250. The fourth-order valence-electron chi connectivity index (χ4n) is 7.24. The summed E-state index contributed by atoms with van der Waals surface area (Å²) in [6.45, 7) is 9.14. The number of aromatic amines is 1. The Kier molecular flexibility index (Phi) is 4.40. The van der Waals surface area contributed by atoms with E-state index >= 15 is 0 Å². The smallest absolute Gasteiger partial charge is 0.311 e. The van der Waals surface area contributed by atoms with Crippen molar-refractivity contribution in [2.45, 2.75) is 58.1 Å². The van der Waals surface area contributed by atoms with Gasteiger partial charge in [0, 0.05) is 36.8 Å². The summed E-state index contributed by atoms with van der Waals surface area (Å²) in [7, 11) is 3.25. The maximum Gasteiger partial charge on any atom is 0.311 e. The second-order valence-electron chi connectivity index (χ2n) is 10.4. The minimum Gasteiger partial charge on any atom is -0.469 e. The highest BCUT2D eigenvalue weighted by Crippen LogP contribution is 2.64. The Morgan fingerprint density at radius 2 is 1.97 bits per heavy atom. The molecule has 1 N–H and O–H groups in total. The van der Waals surface area contributed by atoms with E-state index in [1.807, 2.05) is 0 Å². The van der Waals surface area contributed by atoms with E-state index in [9.17, 15) is 4.79 Å². The molecule has 1 aromatic carbocycles. The van der Waals surface area contributed by atoms with Gasteiger partial charge in [0.1, 0.15) is 0 Å². The average molecular weight is 411 g/mol. The number of benzene rings is 1. The number of aromatic nitrogens is 1. The Labute approximate surface area is 179 Å². The van der Waals surface area contributed by atoms with Gasteiger partial charge in [-0.2, -0.15) is 0 Å². The predicted molar refractivity (Wildman–Crippen MR) is 117 cm³/mol. The number of carbonyl (C=O) groups is 1. The lowest BCUT2D eigenvalue weighted by molar-refractivity contribution is -0.207. The first kappa shape index (κ1) is 20.1. The van der Waals surface area contributed by atoms with E-state index in [1.54, 1.807) is 7.11 Å². The van der Waals surface area contributed by atoms with Gasteiger partial charge in [0.25, 0.3) is 0 Å². The molecule has 5 heteroatoms. The van der Waals surface area contributed by atoms with Crippen molar-refractivity contribution in [1.82, 2.24) is 9.88 Å². The molecule has 0 radical (unpaired) electrons. The summed E-state index contributed by atoms with van der Waals surface area (Å²) >= 11 is 0.